The zero-order chi connectivity index (χ0) is 17.0. The molecule has 1 amide bonds. The lowest BCUT2D eigenvalue weighted by molar-refractivity contribution is -0.145. The number of carbonyl (C=O) groups excluding carboxylic acids is 2. The molecule has 1 N–H and O–H groups in total. The number of likely N-dealkylation sites (tertiary alicyclic amines) is 1. The molecule has 0 unspecified atom stereocenters. The smallest absolute Gasteiger partial charge is 0.323 e. The quantitative estimate of drug-likeness (QED) is 0.721. The van der Waals surface area contributed by atoms with Gasteiger partial charge in [-0.25, -0.2) is 0 Å². The van der Waals surface area contributed by atoms with Crippen LogP contribution in [0.4, 0.5) is 0 Å². The highest BCUT2D eigenvalue weighted by molar-refractivity contribution is 5.93. The lowest BCUT2D eigenvalue weighted by Gasteiger charge is -2.15. The number of nitrogens with one attached hydrogen (secondary N) is 1. The Morgan fingerprint density at radius 1 is 1.26 bits per heavy atom. The summed E-state index contributed by atoms with van der Waals surface area (Å²) in [5.41, 5.74) is 0.137. The van der Waals surface area contributed by atoms with E-state index in [1.54, 1.807) is 0 Å². The minimum atomic E-state index is -0.382. The van der Waals surface area contributed by atoms with E-state index in [1.165, 1.54) is 27.4 Å². The average molecular weight is 324 g/mol. The predicted molar refractivity (Wildman–Crippen MR) is 79.4 cm³/mol. The Morgan fingerprint density at radius 2 is 2.00 bits per heavy atom. The summed E-state index contributed by atoms with van der Waals surface area (Å²) in [6.07, 6.45) is 0.480. The summed E-state index contributed by atoms with van der Waals surface area (Å²) in [7, 11) is 6.01. The molecule has 1 aliphatic heterocycles. The summed E-state index contributed by atoms with van der Waals surface area (Å²) < 4.78 is 14.7. The highest BCUT2D eigenvalue weighted by Crippen LogP contribution is 2.18. The highest BCUT2D eigenvalue weighted by Gasteiger charge is 2.36. The van der Waals surface area contributed by atoms with Crippen LogP contribution in [0.2, 0.25) is 0 Å². The molecule has 0 saturated carbocycles. The summed E-state index contributed by atoms with van der Waals surface area (Å²) in [6, 6.07) is 0.933. The molecule has 0 radical (unpaired) electrons. The third-order valence-corrected chi connectivity index (χ3v) is 3.66. The second kappa shape index (κ2) is 7.23. The molecule has 0 aromatic carbocycles. The van der Waals surface area contributed by atoms with E-state index in [9.17, 15) is 9.59 Å². The van der Waals surface area contributed by atoms with Crippen molar-refractivity contribution in [3.05, 3.63) is 11.8 Å². The molecule has 9 nitrogen and oxygen atoms in total. The zero-order valence-electron chi connectivity index (χ0n) is 13.5. The van der Waals surface area contributed by atoms with Gasteiger partial charge in [0, 0.05) is 18.7 Å². The van der Waals surface area contributed by atoms with Crippen LogP contribution in [0.15, 0.2) is 6.07 Å². The highest BCUT2D eigenvalue weighted by atomic mass is 16.5. The second-order valence-corrected chi connectivity index (χ2v) is 5.17. The second-order valence-electron chi connectivity index (χ2n) is 5.17. The van der Waals surface area contributed by atoms with Gasteiger partial charge in [-0.05, 0) is 13.5 Å². The third-order valence-electron chi connectivity index (χ3n) is 3.66. The first kappa shape index (κ1) is 16.9. The van der Waals surface area contributed by atoms with E-state index in [0.717, 1.165) is 0 Å². The third kappa shape index (κ3) is 3.86. The van der Waals surface area contributed by atoms with Gasteiger partial charge in [-0.2, -0.15) is 9.97 Å². The van der Waals surface area contributed by atoms with Gasteiger partial charge < -0.3 is 19.5 Å². The van der Waals surface area contributed by atoms with Gasteiger partial charge in [0.2, 0.25) is 5.88 Å². The van der Waals surface area contributed by atoms with E-state index < -0.39 is 0 Å². The number of esters is 1. The van der Waals surface area contributed by atoms with Crippen molar-refractivity contribution in [2.45, 2.75) is 18.5 Å². The average Bonchev–Trinajstić information content (AvgIpc) is 2.93. The summed E-state index contributed by atoms with van der Waals surface area (Å²) >= 11 is 0. The summed E-state index contributed by atoms with van der Waals surface area (Å²) in [5.74, 6) is -0.458. The molecule has 2 atom stereocenters. The van der Waals surface area contributed by atoms with Gasteiger partial charge in [0.15, 0.2) is 0 Å². The van der Waals surface area contributed by atoms with Crippen LogP contribution in [0.1, 0.15) is 16.9 Å². The Morgan fingerprint density at radius 3 is 2.61 bits per heavy atom. The van der Waals surface area contributed by atoms with Crippen LogP contribution < -0.4 is 14.8 Å². The van der Waals surface area contributed by atoms with Crippen molar-refractivity contribution in [2.24, 2.45) is 0 Å². The van der Waals surface area contributed by atoms with Crippen molar-refractivity contribution in [3.63, 3.8) is 0 Å². The predicted octanol–water partition coefficient (Wildman–Crippen LogP) is -0.531. The van der Waals surface area contributed by atoms with Gasteiger partial charge >= 0.3 is 12.0 Å². The maximum Gasteiger partial charge on any atom is 0.323 e. The van der Waals surface area contributed by atoms with Crippen LogP contribution in [0.5, 0.6) is 11.9 Å². The van der Waals surface area contributed by atoms with E-state index in [2.05, 4.69) is 15.3 Å². The summed E-state index contributed by atoms with van der Waals surface area (Å²) in [5, 5.41) is 2.85. The van der Waals surface area contributed by atoms with Gasteiger partial charge in [0.1, 0.15) is 11.7 Å². The molecule has 0 bridgehead atoms. The van der Waals surface area contributed by atoms with Gasteiger partial charge in [-0.3, -0.25) is 14.5 Å². The minimum Gasteiger partial charge on any atom is -0.481 e. The number of aromatic nitrogens is 2. The molecule has 1 aromatic rings. The van der Waals surface area contributed by atoms with Crippen LogP contribution in [-0.2, 0) is 9.53 Å². The zero-order valence-corrected chi connectivity index (χ0v) is 13.5. The monoisotopic (exact) mass is 324 g/mol. The molecule has 2 rings (SSSR count). The number of nitrogens with zero attached hydrogens (tertiary/aromatic N) is 3. The Bertz CT molecular complexity index is 572. The van der Waals surface area contributed by atoms with Crippen LogP contribution in [0.3, 0.4) is 0 Å². The van der Waals surface area contributed by atoms with Crippen molar-refractivity contribution in [1.29, 1.82) is 0 Å². The molecule has 1 aliphatic rings. The van der Waals surface area contributed by atoms with Crippen LogP contribution >= 0.6 is 0 Å². The topological polar surface area (TPSA) is 103 Å². The Kier molecular flexibility index (Phi) is 5.32. The molecular formula is C14H20N4O5. The first-order chi connectivity index (χ1) is 11.0. The van der Waals surface area contributed by atoms with Gasteiger partial charge in [-0.15, -0.1) is 0 Å². The molecule has 0 spiro atoms. The molecule has 9 heteroatoms. The Balaban J connectivity index is 2.07. The van der Waals surface area contributed by atoms with E-state index >= 15 is 0 Å². The van der Waals surface area contributed by atoms with Gasteiger partial charge in [0.25, 0.3) is 5.91 Å². The molecule has 23 heavy (non-hydrogen) atoms. The van der Waals surface area contributed by atoms with Crippen molar-refractivity contribution in [3.8, 4) is 11.9 Å². The van der Waals surface area contributed by atoms with Crippen LogP contribution in [0.25, 0.3) is 0 Å². The molecule has 1 fully saturated rings. The Hall–Kier alpha value is -2.42. The first-order valence-electron chi connectivity index (χ1n) is 7.04. The summed E-state index contributed by atoms with van der Waals surface area (Å²) in [4.78, 5) is 33.8. The maximum absolute atomic E-state index is 12.3. The van der Waals surface area contributed by atoms with Crippen LogP contribution in [0, 0.1) is 0 Å². The number of likely N-dealkylation sites (N-methyl/N-ethyl adjacent to an activating group) is 1. The molecular weight excluding hydrogens is 304 g/mol. The number of rotatable bonds is 5. The number of amides is 1. The standard InChI is InChI=1S/C14H20N4O5/c1-18-7-8(5-10(18)13(20)22-3)15-12(19)9-6-11(21-2)17-14(16-9)23-4/h6,8,10H,5,7H2,1-4H3,(H,15,19)/t8-,10-/m0/s1. The molecule has 1 saturated heterocycles. The molecule has 0 aliphatic carbocycles. The van der Waals surface area contributed by atoms with Gasteiger partial charge in [0.05, 0.1) is 21.3 Å². The number of carbonyl (C=O) groups is 2. The van der Waals surface area contributed by atoms with Crippen molar-refractivity contribution >= 4 is 11.9 Å². The maximum atomic E-state index is 12.3. The SMILES string of the molecule is COC(=O)[C@@H]1C[C@H](NC(=O)c2cc(OC)nc(OC)n2)CN1C. The number of hydrogen-bond acceptors (Lipinski definition) is 8. The van der Waals surface area contributed by atoms with E-state index in [1.807, 2.05) is 11.9 Å². The number of methoxy groups -OCH3 is 3. The largest absolute Gasteiger partial charge is 0.481 e. The normalized spacial score (nSPS) is 20.9. The molecule has 2 heterocycles. The van der Waals surface area contributed by atoms with E-state index in [-0.39, 0.29) is 41.5 Å². The van der Waals surface area contributed by atoms with E-state index in [0.29, 0.717) is 13.0 Å². The van der Waals surface area contributed by atoms with Crippen molar-refractivity contribution < 1.29 is 23.8 Å². The first-order valence-corrected chi connectivity index (χ1v) is 7.04. The van der Waals surface area contributed by atoms with Gasteiger partial charge in [-0.1, -0.05) is 0 Å². The minimum absolute atomic E-state index is 0.0467. The molecule has 126 valence electrons. The fourth-order valence-electron chi connectivity index (χ4n) is 2.49. The lowest BCUT2D eigenvalue weighted by atomic mass is 10.1. The fraction of sp³-hybridized carbons (Fsp3) is 0.571. The molecule has 1 aromatic heterocycles. The van der Waals surface area contributed by atoms with E-state index in [4.69, 9.17) is 14.2 Å². The lowest BCUT2D eigenvalue weighted by Crippen LogP contribution is -2.37. The Labute approximate surface area is 133 Å². The number of ether oxygens (including phenoxy) is 3. The van der Waals surface area contributed by atoms with Crippen molar-refractivity contribution in [1.82, 2.24) is 20.2 Å². The van der Waals surface area contributed by atoms with Crippen molar-refractivity contribution in [2.75, 3.05) is 34.9 Å². The fourth-order valence-corrected chi connectivity index (χ4v) is 2.49. The number of hydrogen-bond donors (Lipinski definition) is 1. The van der Waals surface area contributed by atoms with Crippen LogP contribution in [-0.4, -0.2) is 73.7 Å². The summed E-state index contributed by atoms with van der Waals surface area (Å²) in [6.45, 7) is 0.546.